The van der Waals surface area contributed by atoms with Gasteiger partial charge >= 0.3 is 12.1 Å². The van der Waals surface area contributed by atoms with Crippen LogP contribution in [0, 0.1) is 5.92 Å². The zero-order valence-corrected chi connectivity index (χ0v) is 11.3. The number of piperidine rings is 1. The summed E-state index contributed by atoms with van der Waals surface area (Å²) in [5.74, 6) is -1.77. The number of likely N-dealkylation sites (tertiary alicyclic amines) is 1. The van der Waals surface area contributed by atoms with E-state index in [1.165, 1.54) is 4.90 Å². The van der Waals surface area contributed by atoms with Crippen LogP contribution >= 0.6 is 0 Å². The lowest BCUT2D eigenvalue weighted by Gasteiger charge is -2.40. The van der Waals surface area contributed by atoms with Gasteiger partial charge in [0.1, 0.15) is 5.60 Å². The largest absolute Gasteiger partial charge is 0.479 e. The van der Waals surface area contributed by atoms with Gasteiger partial charge in [-0.05, 0) is 20.8 Å². The van der Waals surface area contributed by atoms with Crippen molar-refractivity contribution in [1.82, 2.24) is 4.90 Å². The van der Waals surface area contributed by atoms with Crippen LogP contribution in [-0.4, -0.2) is 51.5 Å². The van der Waals surface area contributed by atoms with E-state index >= 15 is 0 Å². The molecule has 18 heavy (non-hydrogen) atoms. The van der Waals surface area contributed by atoms with Crippen LogP contribution in [0.1, 0.15) is 34.1 Å². The van der Waals surface area contributed by atoms with Gasteiger partial charge in [0.25, 0.3) is 0 Å². The molecule has 0 radical (unpaired) electrons. The van der Waals surface area contributed by atoms with Crippen LogP contribution in [0.4, 0.5) is 4.79 Å². The summed E-state index contributed by atoms with van der Waals surface area (Å²) in [4.78, 5) is 24.3. The zero-order valence-electron chi connectivity index (χ0n) is 11.3. The highest BCUT2D eigenvalue weighted by Gasteiger charge is 2.46. The molecule has 0 aliphatic carbocycles. The van der Waals surface area contributed by atoms with Crippen molar-refractivity contribution >= 4 is 12.1 Å². The Labute approximate surface area is 107 Å². The first-order valence-corrected chi connectivity index (χ1v) is 6.00. The fraction of sp³-hybridized carbons (Fsp3) is 0.833. The second-order valence-corrected chi connectivity index (χ2v) is 5.81. The minimum Gasteiger partial charge on any atom is -0.479 e. The molecule has 1 fully saturated rings. The van der Waals surface area contributed by atoms with E-state index in [-0.39, 0.29) is 19.5 Å². The first kappa shape index (κ1) is 14.8. The van der Waals surface area contributed by atoms with E-state index < -0.39 is 29.2 Å². The number of nitrogens with zero attached hydrogens (tertiary/aromatic N) is 1. The number of carboxylic acid groups (broad SMARTS) is 1. The van der Waals surface area contributed by atoms with Gasteiger partial charge in [-0.2, -0.15) is 0 Å². The molecule has 1 saturated heterocycles. The first-order valence-electron chi connectivity index (χ1n) is 6.00. The van der Waals surface area contributed by atoms with E-state index in [4.69, 9.17) is 9.84 Å². The van der Waals surface area contributed by atoms with Crippen LogP contribution in [0.5, 0.6) is 0 Å². The Kier molecular flexibility index (Phi) is 3.90. The Bertz CT molecular complexity index is 349. The van der Waals surface area contributed by atoms with Crippen LogP contribution in [-0.2, 0) is 9.53 Å². The summed E-state index contributed by atoms with van der Waals surface area (Å²) in [6.45, 7) is 7.29. The molecule has 0 saturated carbocycles. The normalized spacial score (nSPS) is 28.9. The van der Waals surface area contributed by atoms with Gasteiger partial charge in [-0.3, -0.25) is 0 Å². The van der Waals surface area contributed by atoms with Crippen LogP contribution in [0.15, 0.2) is 0 Å². The monoisotopic (exact) mass is 259 g/mol. The molecule has 0 bridgehead atoms. The smallest absolute Gasteiger partial charge is 0.410 e. The average molecular weight is 259 g/mol. The van der Waals surface area contributed by atoms with Crippen LogP contribution in [0.3, 0.4) is 0 Å². The number of aliphatic carboxylic acids is 1. The predicted molar refractivity (Wildman–Crippen MR) is 64.2 cm³/mol. The van der Waals surface area contributed by atoms with E-state index in [2.05, 4.69) is 0 Å². The summed E-state index contributed by atoms with van der Waals surface area (Å²) in [6, 6.07) is 0. The molecular formula is C12H21NO5. The highest BCUT2D eigenvalue weighted by atomic mass is 16.6. The van der Waals surface area contributed by atoms with Crippen LogP contribution < -0.4 is 0 Å². The molecule has 6 nitrogen and oxygen atoms in total. The Hall–Kier alpha value is -1.30. The van der Waals surface area contributed by atoms with Gasteiger partial charge in [-0.15, -0.1) is 0 Å². The molecule has 0 spiro atoms. The van der Waals surface area contributed by atoms with Crippen molar-refractivity contribution in [1.29, 1.82) is 0 Å². The molecule has 1 heterocycles. The van der Waals surface area contributed by atoms with Gasteiger partial charge in [-0.1, -0.05) is 6.92 Å². The fourth-order valence-corrected chi connectivity index (χ4v) is 1.93. The maximum Gasteiger partial charge on any atom is 0.410 e. The molecule has 104 valence electrons. The van der Waals surface area contributed by atoms with Crippen molar-refractivity contribution in [3.05, 3.63) is 0 Å². The lowest BCUT2D eigenvalue weighted by molar-refractivity contribution is -0.170. The topological polar surface area (TPSA) is 87.1 Å². The molecule has 1 aliphatic heterocycles. The maximum absolute atomic E-state index is 11.8. The van der Waals surface area contributed by atoms with Gasteiger partial charge in [0, 0.05) is 25.4 Å². The summed E-state index contributed by atoms with van der Waals surface area (Å²) in [5, 5.41) is 19.0. The summed E-state index contributed by atoms with van der Waals surface area (Å²) in [7, 11) is 0. The highest BCUT2D eigenvalue weighted by molar-refractivity contribution is 5.78. The molecule has 2 N–H and O–H groups in total. The van der Waals surface area contributed by atoms with E-state index in [0.717, 1.165) is 0 Å². The van der Waals surface area contributed by atoms with Crippen molar-refractivity contribution in [2.75, 3.05) is 13.1 Å². The van der Waals surface area contributed by atoms with Crippen molar-refractivity contribution in [3.8, 4) is 0 Å². The fourth-order valence-electron chi connectivity index (χ4n) is 1.93. The summed E-state index contributed by atoms with van der Waals surface area (Å²) in [6.07, 6.45) is -0.454. The molecule has 0 aromatic carbocycles. The van der Waals surface area contributed by atoms with Gasteiger partial charge in [0.15, 0.2) is 5.60 Å². The molecule has 0 aromatic rings. The van der Waals surface area contributed by atoms with E-state index in [1.807, 2.05) is 0 Å². The number of carbonyl (C=O) groups is 2. The second-order valence-electron chi connectivity index (χ2n) is 5.81. The van der Waals surface area contributed by atoms with E-state index in [0.29, 0.717) is 0 Å². The van der Waals surface area contributed by atoms with Gasteiger partial charge in [0.05, 0.1) is 0 Å². The third-order valence-electron chi connectivity index (χ3n) is 3.09. The number of rotatable bonds is 1. The Morgan fingerprint density at radius 3 is 2.33 bits per heavy atom. The number of carbonyl (C=O) groups excluding carboxylic acids is 1. The highest BCUT2D eigenvalue weighted by Crippen LogP contribution is 2.28. The maximum atomic E-state index is 11.8. The zero-order chi connectivity index (χ0) is 14.1. The Morgan fingerprint density at radius 1 is 1.39 bits per heavy atom. The van der Waals surface area contributed by atoms with E-state index in [9.17, 15) is 14.7 Å². The van der Waals surface area contributed by atoms with Gasteiger partial charge < -0.3 is 19.8 Å². The molecule has 2 atom stereocenters. The third-order valence-corrected chi connectivity index (χ3v) is 3.09. The predicted octanol–water partition coefficient (Wildman–Crippen LogP) is 1.08. The van der Waals surface area contributed by atoms with Crippen molar-refractivity contribution in [2.45, 2.75) is 45.3 Å². The SMILES string of the molecule is CC1CN(C(=O)OC(C)(C)C)CCC1(O)C(=O)O. The average Bonchev–Trinajstić information content (AvgIpc) is 2.19. The lowest BCUT2D eigenvalue weighted by Crippen LogP contribution is -2.57. The summed E-state index contributed by atoms with van der Waals surface area (Å²) in [5.41, 5.74) is -2.33. The summed E-state index contributed by atoms with van der Waals surface area (Å²) < 4.78 is 5.21. The second kappa shape index (κ2) is 4.76. The number of hydrogen-bond donors (Lipinski definition) is 2. The molecule has 2 unspecified atom stereocenters. The molecule has 0 aromatic heterocycles. The van der Waals surface area contributed by atoms with E-state index in [1.54, 1.807) is 27.7 Å². The number of ether oxygens (including phenoxy) is 1. The third kappa shape index (κ3) is 3.13. The summed E-state index contributed by atoms with van der Waals surface area (Å²) >= 11 is 0. The van der Waals surface area contributed by atoms with Gasteiger partial charge in [0.2, 0.25) is 0 Å². The van der Waals surface area contributed by atoms with Crippen LogP contribution in [0.2, 0.25) is 0 Å². The standard InChI is InChI=1S/C12H21NO5/c1-8-7-13(10(16)18-11(2,3)4)6-5-12(8,17)9(14)15/h8,17H,5-7H2,1-4H3,(H,14,15). The number of hydrogen-bond acceptors (Lipinski definition) is 4. The number of amides is 1. The molecule has 1 aliphatic rings. The van der Waals surface area contributed by atoms with Crippen molar-refractivity contribution < 1.29 is 24.5 Å². The molecule has 1 amide bonds. The number of aliphatic hydroxyl groups is 1. The Balaban J connectivity index is 2.67. The molecule has 6 heteroatoms. The Morgan fingerprint density at radius 2 is 1.94 bits per heavy atom. The van der Waals surface area contributed by atoms with Crippen molar-refractivity contribution in [3.63, 3.8) is 0 Å². The minimum absolute atomic E-state index is 0.0166. The minimum atomic E-state index is -1.75. The lowest BCUT2D eigenvalue weighted by atomic mass is 9.82. The molecular weight excluding hydrogens is 238 g/mol. The number of carboxylic acids is 1. The quantitative estimate of drug-likeness (QED) is 0.735. The van der Waals surface area contributed by atoms with Crippen LogP contribution in [0.25, 0.3) is 0 Å². The first-order chi connectivity index (χ1) is 8.06. The van der Waals surface area contributed by atoms with Gasteiger partial charge in [-0.25, -0.2) is 9.59 Å². The van der Waals surface area contributed by atoms with Crippen molar-refractivity contribution in [2.24, 2.45) is 5.92 Å². The molecule has 1 rings (SSSR count).